The van der Waals surface area contributed by atoms with E-state index in [1.165, 1.54) is 0 Å². The second kappa shape index (κ2) is 3.88. The Morgan fingerprint density at radius 2 is 2.00 bits per heavy atom. The summed E-state index contributed by atoms with van der Waals surface area (Å²) in [6.07, 6.45) is 0.577. The van der Waals surface area contributed by atoms with Crippen LogP contribution in [-0.4, -0.2) is 20.3 Å². The second-order valence-corrected chi connectivity index (χ2v) is 4.70. The Morgan fingerprint density at radius 3 is 2.69 bits per heavy atom. The molecule has 1 unspecified atom stereocenters. The molecular formula is C12H16N2O2. The maximum Gasteiger partial charge on any atom is 0.243 e. The predicted molar refractivity (Wildman–Crippen MR) is 61.8 cm³/mol. The highest BCUT2D eigenvalue weighted by Gasteiger charge is 2.19. The first kappa shape index (κ1) is 11.1. The molecule has 1 heterocycles. The number of aliphatic hydroxyl groups excluding tert-OH is 1. The molecule has 0 saturated carbocycles. The van der Waals surface area contributed by atoms with Crippen molar-refractivity contribution in [3.63, 3.8) is 0 Å². The summed E-state index contributed by atoms with van der Waals surface area (Å²) in [6, 6.07) is 7.62. The number of aromatic nitrogens is 2. The van der Waals surface area contributed by atoms with E-state index in [0.29, 0.717) is 0 Å². The van der Waals surface area contributed by atoms with E-state index >= 15 is 0 Å². The van der Waals surface area contributed by atoms with Crippen LogP contribution in [0, 0.1) is 0 Å². The molecule has 0 aliphatic rings. The molecule has 4 nitrogen and oxygen atoms in total. The Balaban J connectivity index is 2.33. The van der Waals surface area contributed by atoms with E-state index in [1.807, 2.05) is 45.0 Å². The largest absolute Gasteiger partial charge is 0.351 e. The van der Waals surface area contributed by atoms with Crippen molar-refractivity contribution in [3.8, 4) is 0 Å². The van der Waals surface area contributed by atoms with E-state index < -0.39 is 12.0 Å². The van der Waals surface area contributed by atoms with E-state index in [0.717, 1.165) is 11.0 Å². The van der Waals surface area contributed by atoms with Crippen LogP contribution in [0.4, 0.5) is 0 Å². The van der Waals surface area contributed by atoms with Gasteiger partial charge < -0.3 is 9.84 Å². The minimum Gasteiger partial charge on any atom is -0.351 e. The fourth-order valence-corrected chi connectivity index (χ4v) is 1.53. The van der Waals surface area contributed by atoms with E-state index in [1.54, 1.807) is 10.9 Å². The van der Waals surface area contributed by atoms with Crippen LogP contribution in [0.3, 0.4) is 0 Å². The number of benzene rings is 1. The molecule has 2 rings (SSSR count). The Bertz CT molecular complexity index is 485. The number of aliphatic hydroxyl groups is 1. The maximum absolute atomic E-state index is 9.94. The Hall–Kier alpha value is -1.39. The zero-order chi connectivity index (χ0) is 11.8. The summed E-state index contributed by atoms with van der Waals surface area (Å²) >= 11 is 0. The summed E-state index contributed by atoms with van der Waals surface area (Å²) in [6.45, 7) is 5.69. The Labute approximate surface area is 94.5 Å². The smallest absolute Gasteiger partial charge is 0.243 e. The third-order valence-electron chi connectivity index (χ3n) is 2.18. The molecule has 4 heteroatoms. The zero-order valence-corrected chi connectivity index (χ0v) is 9.71. The molecule has 0 spiro atoms. The van der Waals surface area contributed by atoms with Gasteiger partial charge >= 0.3 is 0 Å². The normalized spacial score (nSPS) is 14.2. The van der Waals surface area contributed by atoms with Crippen molar-refractivity contribution in [2.24, 2.45) is 0 Å². The van der Waals surface area contributed by atoms with Crippen LogP contribution in [0.1, 0.15) is 27.2 Å². The SMILES string of the molecule is CC(C)(C)OC(O)n1cnc2ccccc21. The van der Waals surface area contributed by atoms with Crippen molar-refractivity contribution < 1.29 is 9.84 Å². The van der Waals surface area contributed by atoms with Crippen LogP contribution in [0.2, 0.25) is 0 Å². The highest BCUT2D eigenvalue weighted by Crippen LogP contribution is 2.21. The molecule has 0 bridgehead atoms. The lowest BCUT2D eigenvalue weighted by Gasteiger charge is -2.24. The predicted octanol–water partition coefficient (Wildman–Crippen LogP) is 2.30. The summed E-state index contributed by atoms with van der Waals surface area (Å²) in [4.78, 5) is 4.19. The molecule has 0 amide bonds. The van der Waals surface area contributed by atoms with Crippen LogP contribution < -0.4 is 0 Å². The minimum absolute atomic E-state index is 0.398. The molecule has 1 N–H and O–H groups in total. The Kier molecular flexibility index (Phi) is 2.69. The molecular weight excluding hydrogens is 204 g/mol. The van der Waals surface area contributed by atoms with Gasteiger partial charge in [-0.2, -0.15) is 0 Å². The lowest BCUT2D eigenvalue weighted by molar-refractivity contribution is -0.207. The molecule has 1 atom stereocenters. The quantitative estimate of drug-likeness (QED) is 0.790. The minimum atomic E-state index is -1.01. The highest BCUT2D eigenvalue weighted by molar-refractivity contribution is 5.74. The summed E-state index contributed by atoms with van der Waals surface area (Å²) < 4.78 is 7.08. The van der Waals surface area contributed by atoms with Gasteiger partial charge in [0.1, 0.15) is 0 Å². The second-order valence-electron chi connectivity index (χ2n) is 4.70. The lowest BCUT2D eigenvalue weighted by Crippen LogP contribution is -2.25. The van der Waals surface area contributed by atoms with Crippen molar-refractivity contribution >= 4 is 11.0 Å². The van der Waals surface area contributed by atoms with Gasteiger partial charge in [0.15, 0.2) is 0 Å². The monoisotopic (exact) mass is 220 g/mol. The summed E-state index contributed by atoms with van der Waals surface area (Å²) in [5.74, 6) is 0. The number of imidazole rings is 1. The number of rotatable bonds is 2. The van der Waals surface area contributed by atoms with Gasteiger partial charge in [-0.05, 0) is 32.9 Å². The van der Waals surface area contributed by atoms with Crippen LogP contribution in [0.25, 0.3) is 11.0 Å². The van der Waals surface area contributed by atoms with Crippen molar-refractivity contribution in [3.05, 3.63) is 30.6 Å². The number of hydrogen-bond acceptors (Lipinski definition) is 3. The lowest BCUT2D eigenvalue weighted by atomic mass is 10.2. The van der Waals surface area contributed by atoms with Crippen molar-refractivity contribution in [1.82, 2.24) is 9.55 Å². The molecule has 1 aromatic carbocycles. The number of hydrogen-bond donors (Lipinski definition) is 1. The van der Waals surface area contributed by atoms with Crippen LogP contribution in [0.5, 0.6) is 0 Å². The van der Waals surface area contributed by atoms with Gasteiger partial charge in [0.2, 0.25) is 6.41 Å². The average Bonchev–Trinajstić information content (AvgIpc) is 2.58. The summed E-state index contributed by atoms with van der Waals surface area (Å²) in [5, 5.41) is 9.94. The number of ether oxygens (including phenoxy) is 1. The standard InChI is InChI=1S/C12H16N2O2/c1-12(2,3)16-11(15)14-8-13-9-6-4-5-7-10(9)14/h4-8,11,15H,1-3H3. The topological polar surface area (TPSA) is 47.3 Å². The average molecular weight is 220 g/mol. The van der Waals surface area contributed by atoms with E-state index in [2.05, 4.69) is 4.98 Å². The van der Waals surface area contributed by atoms with Gasteiger partial charge in [0.25, 0.3) is 0 Å². The van der Waals surface area contributed by atoms with Gasteiger partial charge in [0, 0.05) is 0 Å². The van der Waals surface area contributed by atoms with Gasteiger partial charge in [-0.25, -0.2) is 4.98 Å². The molecule has 0 aliphatic heterocycles. The van der Waals surface area contributed by atoms with Crippen LogP contribution >= 0.6 is 0 Å². The van der Waals surface area contributed by atoms with Gasteiger partial charge in [0.05, 0.1) is 23.0 Å². The van der Waals surface area contributed by atoms with Crippen LogP contribution in [0.15, 0.2) is 30.6 Å². The molecule has 2 aromatic rings. The van der Waals surface area contributed by atoms with E-state index in [9.17, 15) is 5.11 Å². The fraction of sp³-hybridized carbons (Fsp3) is 0.417. The highest BCUT2D eigenvalue weighted by atomic mass is 16.6. The first-order chi connectivity index (χ1) is 7.47. The van der Waals surface area contributed by atoms with Gasteiger partial charge in [-0.15, -0.1) is 0 Å². The first-order valence-electron chi connectivity index (χ1n) is 5.25. The number of nitrogens with zero attached hydrogens (tertiary/aromatic N) is 2. The molecule has 0 radical (unpaired) electrons. The fourth-order valence-electron chi connectivity index (χ4n) is 1.53. The maximum atomic E-state index is 9.94. The molecule has 16 heavy (non-hydrogen) atoms. The van der Waals surface area contributed by atoms with E-state index in [4.69, 9.17) is 4.74 Å². The van der Waals surface area contributed by atoms with Gasteiger partial charge in [-0.1, -0.05) is 12.1 Å². The molecule has 86 valence electrons. The molecule has 0 fully saturated rings. The third kappa shape index (κ3) is 2.23. The van der Waals surface area contributed by atoms with Crippen molar-refractivity contribution in [1.29, 1.82) is 0 Å². The third-order valence-corrected chi connectivity index (χ3v) is 2.18. The number of para-hydroxylation sites is 2. The van der Waals surface area contributed by atoms with E-state index in [-0.39, 0.29) is 0 Å². The Morgan fingerprint density at radius 1 is 1.31 bits per heavy atom. The van der Waals surface area contributed by atoms with Crippen molar-refractivity contribution in [2.45, 2.75) is 32.8 Å². The molecule has 0 saturated heterocycles. The summed E-state index contributed by atoms with van der Waals surface area (Å²) in [5.41, 5.74) is 1.31. The summed E-state index contributed by atoms with van der Waals surface area (Å²) in [7, 11) is 0. The number of fused-ring (bicyclic) bond motifs is 1. The van der Waals surface area contributed by atoms with Crippen LogP contribution in [-0.2, 0) is 4.74 Å². The van der Waals surface area contributed by atoms with Crippen molar-refractivity contribution in [2.75, 3.05) is 0 Å². The zero-order valence-electron chi connectivity index (χ0n) is 9.71. The molecule has 1 aromatic heterocycles. The van der Waals surface area contributed by atoms with Gasteiger partial charge in [-0.3, -0.25) is 4.57 Å². The first-order valence-corrected chi connectivity index (χ1v) is 5.25. The molecule has 0 aliphatic carbocycles.